The van der Waals surface area contributed by atoms with Crippen molar-refractivity contribution in [3.05, 3.63) is 71.4 Å². The number of nitrogens with one attached hydrogen (secondary N) is 1. The molecular formula is C20H21N3O. The average Bonchev–Trinajstić information content (AvgIpc) is 2.59. The van der Waals surface area contributed by atoms with Gasteiger partial charge < -0.3 is 10.2 Å². The normalized spacial score (nSPS) is 10.6. The Hall–Kier alpha value is -2.88. The number of anilines is 1. The molecule has 0 aliphatic rings. The van der Waals surface area contributed by atoms with Crippen LogP contribution in [-0.2, 0) is 6.54 Å². The van der Waals surface area contributed by atoms with Gasteiger partial charge >= 0.3 is 0 Å². The molecule has 2 aromatic carbocycles. The molecule has 4 nitrogen and oxygen atoms in total. The molecule has 0 saturated heterocycles. The number of aromatic nitrogens is 1. The van der Waals surface area contributed by atoms with Gasteiger partial charge in [0.25, 0.3) is 5.91 Å². The van der Waals surface area contributed by atoms with E-state index >= 15 is 0 Å². The number of aryl methyl sites for hydroxylation is 1. The lowest BCUT2D eigenvalue weighted by atomic mass is 10.1. The zero-order valence-corrected chi connectivity index (χ0v) is 14.2. The van der Waals surface area contributed by atoms with Crippen LogP contribution >= 0.6 is 0 Å². The van der Waals surface area contributed by atoms with E-state index in [-0.39, 0.29) is 5.91 Å². The molecule has 0 aliphatic carbocycles. The van der Waals surface area contributed by atoms with E-state index in [0.717, 1.165) is 22.2 Å². The Morgan fingerprint density at radius 2 is 1.83 bits per heavy atom. The molecule has 1 amide bonds. The van der Waals surface area contributed by atoms with Gasteiger partial charge in [0, 0.05) is 43.5 Å². The molecule has 3 aromatic rings. The molecule has 1 heterocycles. The molecule has 24 heavy (non-hydrogen) atoms. The number of fused-ring (bicyclic) bond motifs is 1. The van der Waals surface area contributed by atoms with E-state index < -0.39 is 0 Å². The number of amides is 1. The number of hydrogen-bond donors (Lipinski definition) is 1. The fourth-order valence-electron chi connectivity index (χ4n) is 2.63. The van der Waals surface area contributed by atoms with Crippen molar-refractivity contribution in [2.75, 3.05) is 19.4 Å². The van der Waals surface area contributed by atoms with Gasteiger partial charge in [-0.2, -0.15) is 0 Å². The Morgan fingerprint density at radius 3 is 2.54 bits per heavy atom. The van der Waals surface area contributed by atoms with Gasteiger partial charge in [-0.3, -0.25) is 9.78 Å². The minimum absolute atomic E-state index is 0.0186. The summed E-state index contributed by atoms with van der Waals surface area (Å²) in [7, 11) is 3.52. The first-order valence-corrected chi connectivity index (χ1v) is 7.94. The van der Waals surface area contributed by atoms with Crippen LogP contribution in [0.15, 0.2) is 54.7 Å². The van der Waals surface area contributed by atoms with Crippen LogP contribution in [0.25, 0.3) is 10.9 Å². The van der Waals surface area contributed by atoms with E-state index in [2.05, 4.69) is 29.4 Å². The molecule has 0 radical (unpaired) electrons. The van der Waals surface area contributed by atoms with E-state index in [4.69, 9.17) is 0 Å². The second-order valence-electron chi connectivity index (χ2n) is 6.13. The van der Waals surface area contributed by atoms with Crippen LogP contribution in [0.3, 0.4) is 0 Å². The summed E-state index contributed by atoms with van der Waals surface area (Å²) in [5.74, 6) is 0.0186. The first-order valence-electron chi connectivity index (χ1n) is 7.94. The second-order valence-corrected chi connectivity index (χ2v) is 6.13. The maximum absolute atomic E-state index is 11.9. The van der Waals surface area contributed by atoms with Gasteiger partial charge in [0.05, 0.1) is 5.52 Å². The monoisotopic (exact) mass is 319 g/mol. The van der Waals surface area contributed by atoms with Gasteiger partial charge in [-0.05, 0) is 42.8 Å². The highest BCUT2D eigenvalue weighted by molar-refractivity contribution is 5.94. The van der Waals surface area contributed by atoms with Crippen molar-refractivity contribution < 1.29 is 4.79 Å². The zero-order valence-electron chi connectivity index (χ0n) is 14.2. The summed E-state index contributed by atoms with van der Waals surface area (Å²) in [6.07, 6.45) is 1.82. The molecule has 0 aliphatic heterocycles. The smallest absolute Gasteiger partial charge is 0.253 e. The van der Waals surface area contributed by atoms with Gasteiger partial charge in [0.15, 0.2) is 0 Å². The molecule has 0 fully saturated rings. The van der Waals surface area contributed by atoms with Crippen molar-refractivity contribution in [1.82, 2.24) is 9.88 Å². The van der Waals surface area contributed by atoms with Crippen LogP contribution in [-0.4, -0.2) is 29.9 Å². The highest BCUT2D eigenvalue weighted by Gasteiger charge is 2.07. The summed E-state index contributed by atoms with van der Waals surface area (Å²) < 4.78 is 0. The highest BCUT2D eigenvalue weighted by Crippen LogP contribution is 2.23. The molecule has 0 saturated carbocycles. The third-order valence-electron chi connectivity index (χ3n) is 3.99. The van der Waals surface area contributed by atoms with Crippen LogP contribution in [0.2, 0.25) is 0 Å². The minimum Gasteiger partial charge on any atom is -0.380 e. The lowest BCUT2D eigenvalue weighted by molar-refractivity contribution is 0.0827. The summed E-state index contributed by atoms with van der Waals surface area (Å²) in [4.78, 5) is 17.9. The Labute approximate surface area is 142 Å². The molecule has 0 unspecified atom stereocenters. The van der Waals surface area contributed by atoms with Crippen LogP contribution in [0.1, 0.15) is 21.5 Å². The maximum atomic E-state index is 11.9. The summed E-state index contributed by atoms with van der Waals surface area (Å²) in [6, 6.07) is 15.9. The minimum atomic E-state index is 0.0186. The van der Waals surface area contributed by atoms with Crippen molar-refractivity contribution in [3.63, 3.8) is 0 Å². The average molecular weight is 319 g/mol. The highest BCUT2D eigenvalue weighted by atomic mass is 16.2. The molecule has 3 rings (SSSR count). The van der Waals surface area contributed by atoms with E-state index in [1.54, 1.807) is 19.0 Å². The molecule has 1 N–H and O–H groups in total. The molecule has 0 spiro atoms. The maximum Gasteiger partial charge on any atom is 0.253 e. The number of nitrogens with zero attached hydrogens (tertiary/aromatic N) is 2. The van der Waals surface area contributed by atoms with E-state index in [1.165, 1.54) is 5.56 Å². The number of carbonyl (C=O) groups is 1. The Kier molecular flexibility index (Phi) is 4.47. The SMILES string of the molecule is Cc1ccc2nccc(NCc3ccc(C(=O)N(C)C)cc3)c2c1. The molecule has 4 heteroatoms. The quantitative estimate of drug-likeness (QED) is 0.794. The predicted octanol–water partition coefficient (Wildman–Crippen LogP) is 3.86. The Balaban J connectivity index is 1.77. The van der Waals surface area contributed by atoms with Gasteiger partial charge in [-0.1, -0.05) is 23.8 Å². The van der Waals surface area contributed by atoms with Gasteiger partial charge in [-0.25, -0.2) is 0 Å². The number of carbonyl (C=O) groups excluding carboxylic acids is 1. The molecular weight excluding hydrogens is 298 g/mol. The largest absolute Gasteiger partial charge is 0.380 e. The zero-order chi connectivity index (χ0) is 17.1. The van der Waals surface area contributed by atoms with Crippen molar-refractivity contribution >= 4 is 22.5 Å². The molecule has 122 valence electrons. The fraction of sp³-hybridized carbons (Fsp3) is 0.200. The second kappa shape index (κ2) is 6.71. The summed E-state index contributed by atoms with van der Waals surface area (Å²) >= 11 is 0. The van der Waals surface area contributed by atoms with Crippen LogP contribution in [0.4, 0.5) is 5.69 Å². The lowest BCUT2D eigenvalue weighted by Gasteiger charge is -2.12. The van der Waals surface area contributed by atoms with Crippen molar-refractivity contribution in [2.45, 2.75) is 13.5 Å². The number of hydrogen-bond acceptors (Lipinski definition) is 3. The molecule has 0 atom stereocenters. The summed E-state index contributed by atoms with van der Waals surface area (Å²) in [5.41, 5.74) is 5.09. The Bertz CT molecular complexity index is 870. The number of pyridine rings is 1. The number of rotatable bonds is 4. The van der Waals surface area contributed by atoms with Crippen LogP contribution in [0, 0.1) is 6.92 Å². The first-order chi connectivity index (χ1) is 11.5. The summed E-state index contributed by atoms with van der Waals surface area (Å²) in [6.45, 7) is 2.78. The Morgan fingerprint density at radius 1 is 1.08 bits per heavy atom. The van der Waals surface area contributed by atoms with Gasteiger partial charge in [0.1, 0.15) is 0 Å². The van der Waals surface area contributed by atoms with E-state index in [9.17, 15) is 4.79 Å². The van der Waals surface area contributed by atoms with Crippen molar-refractivity contribution in [1.29, 1.82) is 0 Å². The molecule has 1 aromatic heterocycles. The molecule has 0 bridgehead atoms. The summed E-state index contributed by atoms with van der Waals surface area (Å²) in [5, 5.41) is 4.59. The first kappa shape index (κ1) is 16.0. The predicted molar refractivity (Wildman–Crippen MR) is 98.3 cm³/mol. The van der Waals surface area contributed by atoms with Crippen LogP contribution < -0.4 is 5.32 Å². The van der Waals surface area contributed by atoms with Crippen molar-refractivity contribution in [3.8, 4) is 0 Å². The lowest BCUT2D eigenvalue weighted by Crippen LogP contribution is -2.21. The van der Waals surface area contributed by atoms with Gasteiger partial charge in [0.2, 0.25) is 0 Å². The van der Waals surface area contributed by atoms with E-state index in [1.807, 2.05) is 42.6 Å². The fourth-order valence-corrected chi connectivity index (χ4v) is 2.63. The van der Waals surface area contributed by atoms with Crippen LogP contribution in [0.5, 0.6) is 0 Å². The standard InChI is InChI=1S/C20H21N3O/c1-14-4-9-18-17(12-14)19(10-11-21-18)22-13-15-5-7-16(8-6-15)20(24)23(2)3/h4-12H,13H2,1-3H3,(H,21,22). The van der Waals surface area contributed by atoms with Gasteiger partial charge in [-0.15, -0.1) is 0 Å². The topological polar surface area (TPSA) is 45.2 Å². The number of benzene rings is 2. The third kappa shape index (κ3) is 3.38. The van der Waals surface area contributed by atoms with Crippen molar-refractivity contribution in [2.24, 2.45) is 0 Å². The third-order valence-corrected chi connectivity index (χ3v) is 3.99. The van der Waals surface area contributed by atoms with E-state index in [0.29, 0.717) is 12.1 Å².